The van der Waals surface area contributed by atoms with Gasteiger partial charge in [0.15, 0.2) is 0 Å². The maximum atomic E-state index is 13.1. The molecule has 24 heavy (non-hydrogen) atoms. The number of benzene rings is 1. The maximum absolute atomic E-state index is 13.1. The normalized spacial score (nSPS) is 10.7. The van der Waals surface area contributed by atoms with Crippen LogP contribution in [0.1, 0.15) is 21.6 Å². The van der Waals surface area contributed by atoms with E-state index in [1.165, 1.54) is 28.9 Å². The van der Waals surface area contributed by atoms with Crippen LogP contribution >= 0.6 is 11.6 Å². The number of hydrogen-bond donors (Lipinski definition) is 1. The highest BCUT2D eigenvalue weighted by molar-refractivity contribution is 6.34. The van der Waals surface area contributed by atoms with Gasteiger partial charge in [0, 0.05) is 6.20 Å². The zero-order valence-electron chi connectivity index (χ0n) is 13.0. The second-order valence-electron chi connectivity index (χ2n) is 5.31. The first-order chi connectivity index (χ1) is 11.5. The Morgan fingerprint density at radius 2 is 1.92 bits per heavy atom. The van der Waals surface area contributed by atoms with Crippen molar-refractivity contribution in [3.05, 3.63) is 70.4 Å². The minimum absolute atomic E-state index is 0.157. The predicted octanol–water partition coefficient (Wildman–Crippen LogP) is 3.93. The molecule has 3 aromatic rings. The van der Waals surface area contributed by atoms with Crippen molar-refractivity contribution >= 4 is 23.3 Å². The number of amides is 1. The standard InChI is InChI=1S/C17H14ClFN4O/c1-10-7-8-20-14(9-10)21-17(24)15-11(2)22-23(16(15)18)13-5-3-12(19)4-6-13/h3-9H,1-2H3,(H,20,21,24). The topological polar surface area (TPSA) is 59.8 Å². The minimum Gasteiger partial charge on any atom is -0.306 e. The summed E-state index contributed by atoms with van der Waals surface area (Å²) in [4.78, 5) is 16.6. The highest BCUT2D eigenvalue weighted by atomic mass is 35.5. The second-order valence-corrected chi connectivity index (χ2v) is 5.67. The Kier molecular flexibility index (Phi) is 4.31. The molecule has 0 saturated heterocycles. The number of hydrogen-bond acceptors (Lipinski definition) is 3. The van der Waals surface area contributed by atoms with Crippen LogP contribution in [0.4, 0.5) is 10.2 Å². The molecular weight excluding hydrogens is 331 g/mol. The number of nitrogens with one attached hydrogen (secondary N) is 1. The molecule has 0 unspecified atom stereocenters. The Hall–Kier alpha value is -2.73. The van der Waals surface area contributed by atoms with Crippen LogP contribution in [-0.2, 0) is 0 Å². The molecule has 0 aliphatic heterocycles. The van der Waals surface area contributed by atoms with Crippen molar-refractivity contribution in [1.29, 1.82) is 0 Å². The summed E-state index contributed by atoms with van der Waals surface area (Å²) >= 11 is 6.32. The fraction of sp³-hybridized carbons (Fsp3) is 0.118. The molecule has 0 bridgehead atoms. The molecule has 2 aromatic heterocycles. The number of carbonyl (C=O) groups is 1. The Morgan fingerprint density at radius 3 is 2.58 bits per heavy atom. The number of pyridine rings is 1. The zero-order chi connectivity index (χ0) is 17.3. The molecule has 0 radical (unpaired) electrons. The van der Waals surface area contributed by atoms with Gasteiger partial charge in [0.05, 0.1) is 11.4 Å². The maximum Gasteiger partial charge on any atom is 0.261 e. The van der Waals surface area contributed by atoms with Gasteiger partial charge in [-0.2, -0.15) is 5.10 Å². The number of rotatable bonds is 3. The summed E-state index contributed by atoms with van der Waals surface area (Å²) in [5.41, 5.74) is 2.26. The fourth-order valence-corrected chi connectivity index (χ4v) is 2.65. The SMILES string of the molecule is Cc1ccnc(NC(=O)c2c(C)nn(-c3ccc(F)cc3)c2Cl)c1. The Morgan fingerprint density at radius 1 is 1.21 bits per heavy atom. The summed E-state index contributed by atoms with van der Waals surface area (Å²) < 4.78 is 14.5. The van der Waals surface area contributed by atoms with E-state index in [-0.39, 0.29) is 16.5 Å². The third-order valence-electron chi connectivity index (χ3n) is 3.46. The van der Waals surface area contributed by atoms with Crippen molar-refractivity contribution in [1.82, 2.24) is 14.8 Å². The van der Waals surface area contributed by atoms with Crippen LogP contribution in [0.3, 0.4) is 0 Å². The summed E-state index contributed by atoms with van der Waals surface area (Å²) in [6.07, 6.45) is 1.61. The van der Waals surface area contributed by atoms with Crippen LogP contribution in [0.25, 0.3) is 5.69 Å². The van der Waals surface area contributed by atoms with E-state index < -0.39 is 5.91 Å². The van der Waals surface area contributed by atoms with Crippen LogP contribution in [0.2, 0.25) is 5.15 Å². The molecule has 0 saturated carbocycles. The summed E-state index contributed by atoms with van der Waals surface area (Å²) in [6.45, 7) is 3.59. The molecule has 122 valence electrons. The molecule has 7 heteroatoms. The molecular formula is C17H14ClFN4O. The lowest BCUT2D eigenvalue weighted by molar-refractivity contribution is 0.102. The number of aromatic nitrogens is 3. The van der Waals surface area contributed by atoms with E-state index in [4.69, 9.17) is 11.6 Å². The van der Waals surface area contributed by atoms with Crippen LogP contribution < -0.4 is 5.32 Å². The Bertz CT molecular complexity index is 905. The van der Waals surface area contributed by atoms with Crippen molar-refractivity contribution in [2.24, 2.45) is 0 Å². The highest BCUT2D eigenvalue weighted by Crippen LogP contribution is 2.24. The lowest BCUT2D eigenvalue weighted by Crippen LogP contribution is -2.14. The third kappa shape index (κ3) is 3.14. The Labute approximate surface area is 143 Å². The number of halogens is 2. The largest absolute Gasteiger partial charge is 0.306 e. The summed E-state index contributed by atoms with van der Waals surface area (Å²) in [5, 5.41) is 7.13. The van der Waals surface area contributed by atoms with Crippen LogP contribution in [0, 0.1) is 19.7 Å². The van der Waals surface area contributed by atoms with Crippen molar-refractivity contribution in [2.45, 2.75) is 13.8 Å². The average molecular weight is 345 g/mol. The van der Waals surface area contributed by atoms with E-state index in [1.54, 1.807) is 19.2 Å². The van der Waals surface area contributed by atoms with Crippen molar-refractivity contribution in [3.8, 4) is 5.69 Å². The van der Waals surface area contributed by atoms with Crippen LogP contribution in [-0.4, -0.2) is 20.7 Å². The number of nitrogens with zero attached hydrogens (tertiary/aromatic N) is 3. The predicted molar refractivity (Wildman–Crippen MR) is 90.2 cm³/mol. The van der Waals surface area contributed by atoms with Gasteiger partial charge in [-0.15, -0.1) is 0 Å². The van der Waals surface area contributed by atoms with E-state index >= 15 is 0 Å². The fourth-order valence-electron chi connectivity index (χ4n) is 2.29. The Balaban J connectivity index is 1.94. The van der Waals surface area contributed by atoms with Gasteiger partial charge in [-0.3, -0.25) is 4.79 Å². The quantitative estimate of drug-likeness (QED) is 0.783. The number of anilines is 1. The molecule has 1 aromatic carbocycles. The van der Waals surface area contributed by atoms with Crippen molar-refractivity contribution in [3.63, 3.8) is 0 Å². The van der Waals surface area contributed by atoms with Gasteiger partial charge in [-0.05, 0) is 55.8 Å². The average Bonchev–Trinajstić information content (AvgIpc) is 2.83. The number of aryl methyl sites for hydroxylation is 2. The first-order valence-electron chi connectivity index (χ1n) is 7.21. The monoisotopic (exact) mass is 344 g/mol. The molecule has 1 amide bonds. The van der Waals surface area contributed by atoms with E-state index in [2.05, 4.69) is 15.4 Å². The molecule has 0 fully saturated rings. The number of carbonyl (C=O) groups excluding carboxylic acids is 1. The molecule has 0 aliphatic carbocycles. The van der Waals surface area contributed by atoms with E-state index in [0.717, 1.165) is 5.56 Å². The third-order valence-corrected chi connectivity index (χ3v) is 3.81. The smallest absolute Gasteiger partial charge is 0.261 e. The molecule has 0 spiro atoms. The van der Waals surface area contributed by atoms with Crippen molar-refractivity contribution < 1.29 is 9.18 Å². The van der Waals surface area contributed by atoms with Gasteiger partial charge >= 0.3 is 0 Å². The van der Waals surface area contributed by atoms with Crippen LogP contribution in [0.5, 0.6) is 0 Å². The van der Waals surface area contributed by atoms with E-state index in [0.29, 0.717) is 17.2 Å². The molecule has 0 aliphatic rings. The van der Waals surface area contributed by atoms with E-state index in [9.17, 15) is 9.18 Å². The van der Waals surface area contributed by atoms with Gasteiger partial charge < -0.3 is 5.32 Å². The summed E-state index contributed by atoms with van der Waals surface area (Å²) in [6, 6.07) is 9.28. The molecule has 0 atom stereocenters. The lowest BCUT2D eigenvalue weighted by Gasteiger charge is -2.05. The first-order valence-corrected chi connectivity index (χ1v) is 7.58. The van der Waals surface area contributed by atoms with Gasteiger partial charge in [-0.1, -0.05) is 11.6 Å². The highest BCUT2D eigenvalue weighted by Gasteiger charge is 2.21. The van der Waals surface area contributed by atoms with Gasteiger partial charge in [-0.25, -0.2) is 14.1 Å². The first kappa shape index (κ1) is 16.1. The van der Waals surface area contributed by atoms with Gasteiger partial charge in [0.1, 0.15) is 22.4 Å². The van der Waals surface area contributed by atoms with Gasteiger partial charge in [0.25, 0.3) is 5.91 Å². The van der Waals surface area contributed by atoms with Crippen molar-refractivity contribution in [2.75, 3.05) is 5.32 Å². The van der Waals surface area contributed by atoms with Gasteiger partial charge in [0.2, 0.25) is 0 Å². The van der Waals surface area contributed by atoms with Crippen LogP contribution in [0.15, 0.2) is 42.6 Å². The second kappa shape index (κ2) is 6.41. The summed E-state index contributed by atoms with van der Waals surface area (Å²) in [5.74, 6) is -0.323. The summed E-state index contributed by atoms with van der Waals surface area (Å²) in [7, 11) is 0. The van der Waals surface area contributed by atoms with E-state index in [1.807, 2.05) is 13.0 Å². The zero-order valence-corrected chi connectivity index (χ0v) is 13.8. The molecule has 1 N–H and O–H groups in total. The lowest BCUT2D eigenvalue weighted by atomic mass is 10.2. The molecule has 5 nitrogen and oxygen atoms in total. The molecule has 3 rings (SSSR count). The minimum atomic E-state index is -0.399. The molecule has 2 heterocycles.